The number of alkyl halides is 3. The Balaban J connectivity index is 1.38. The van der Waals surface area contributed by atoms with Crippen molar-refractivity contribution in [1.82, 2.24) is 13.9 Å². The third-order valence-electron chi connectivity index (χ3n) is 7.46. The van der Waals surface area contributed by atoms with Crippen molar-refractivity contribution in [2.24, 2.45) is 23.7 Å². The molecule has 0 bridgehead atoms. The second-order valence-corrected chi connectivity index (χ2v) is 11.7. The third-order valence-corrected chi connectivity index (χ3v) is 9.40. The van der Waals surface area contributed by atoms with Gasteiger partial charge in [0, 0.05) is 50.5 Å². The molecule has 4 rings (SSSR count). The summed E-state index contributed by atoms with van der Waals surface area (Å²) in [5.41, 5.74) is -0.854. The van der Waals surface area contributed by atoms with Gasteiger partial charge in [0.05, 0.1) is 17.6 Å². The van der Waals surface area contributed by atoms with Crippen molar-refractivity contribution < 1.29 is 31.2 Å². The molecule has 196 valence electrons. The largest absolute Gasteiger partial charge is 0.416 e. The lowest BCUT2D eigenvalue weighted by atomic mass is 9.82. The van der Waals surface area contributed by atoms with Gasteiger partial charge in [0.2, 0.25) is 5.91 Å². The number of halogens is 3. The number of rotatable bonds is 7. The van der Waals surface area contributed by atoms with E-state index >= 15 is 0 Å². The summed E-state index contributed by atoms with van der Waals surface area (Å²) in [7, 11) is -3.75. The molecule has 12 heteroatoms. The van der Waals surface area contributed by atoms with Gasteiger partial charge in [-0.1, -0.05) is 24.6 Å². The molecular formula is C24H29F3N4O4S. The lowest BCUT2D eigenvalue weighted by Gasteiger charge is -2.40. The van der Waals surface area contributed by atoms with Gasteiger partial charge in [-0.05, 0) is 37.3 Å². The molecule has 1 saturated carbocycles. The number of hydrogen-bond donors (Lipinski definition) is 1. The normalized spacial score (nSPS) is 26.2. The standard InChI is InChI=1S/C24H29F3N4O4S/c25-24(26,27)21-9-2-1-5-17(21)12-29-23(33)20-8-3-7-19(20)22(32)18-6-4-10-30(15-18)36(34,35)31-13-16(11-28)14-31/h1-2,5,9,16,18-20H,3-4,6-8,10,12-15H2,(H,29,33)/t18-,19?,20-/m0/s1. The zero-order chi connectivity index (χ0) is 26.1. The van der Waals surface area contributed by atoms with Crippen LogP contribution in [-0.2, 0) is 32.5 Å². The van der Waals surface area contributed by atoms with Crippen LogP contribution >= 0.6 is 0 Å². The van der Waals surface area contributed by atoms with E-state index in [-0.39, 0.29) is 43.4 Å². The van der Waals surface area contributed by atoms with Crippen molar-refractivity contribution in [3.05, 3.63) is 35.4 Å². The molecule has 3 aliphatic rings. The third kappa shape index (κ3) is 5.43. The van der Waals surface area contributed by atoms with Crippen molar-refractivity contribution in [2.75, 3.05) is 26.2 Å². The molecule has 1 aromatic carbocycles. The minimum Gasteiger partial charge on any atom is -0.352 e. The van der Waals surface area contributed by atoms with E-state index in [1.807, 2.05) is 6.07 Å². The average molecular weight is 527 g/mol. The summed E-state index contributed by atoms with van der Waals surface area (Å²) in [6.07, 6.45) is -1.90. The second-order valence-electron chi connectivity index (χ2n) is 9.77. The number of hydrogen-bond acceptors (Lipinski definition) is 5. The number of amides is 1. The van der Waals surface area contributed by atoms with Gasteiger partial charge in [-0.2, -0.15) is 35.5 Å². The van der Waals surface area contributed by atoms with E-state index < -0.39 is 45.6 Å². The molecule has 2 aliphatic heterocycles. The predicted octanol–water partition coefficient (Wildman–Crippen LogP) is 2.72. The molecule has 2 saturated heterocycles. The molecule has 36 heavy (non-hydrogen) atoms. The summed E-state index contributed by atoms with van der Waals surface area (Å²) >= 11 is 0. The van der Waals surface area contributed by atoms with Crippen molar-refractivity contribution >= 4 is 21.9 Å². The molecule has 1 aliphatic carbocycles. The van der Waals surface area contributed by atoms with Crippen LogP contribution in [0.4, 0.5) is 13.2 Å². The highest BCUT2D eigenvalue weighted by Crippen LogP contribution is 2.37. The molecule has 0 spiro atoms. The van der Waals surface area contributed by atoms with Crippen LogP contribution in [0.1, 0.15) is 43.2 Å². The quantitative estimate of drug-likeness (QED) is 0.588. The maximum Gasteiger partial charge on any atom is 0.416 e. The monoisotopic (exact) mass is 526 g/mol. The first-order valence-electron chi connectivity index (χ1n) is 12.1. The first-order chi connectivity index (χ1) is 17.0. The van der Waals surface area contributed by atoms with Crippen molar-refractivity contribution in [3.63, 3.8) is 0 Å². The molecule has 1 aromatic rings. The predicted molar refractivity (Wildman–Crippen MR) is 123 cm³/mol. The molecule has 8 nitrogen and oxygen atoms in total. The van der Waals surface area contributed by atoms with Gasteiger partial charge in [-0.25, -0.2) is 0 Å². The summed E-state index contributed by atoms with van der Waals surface area (Å²) in [5, 5.41) is 11.5. The van der Waals surface area contributed by atoms with E-state index in [0.717, 1.165) is 6.07 Å². The zero-order valence-electron chi connectivity index (χ0n) is 19.7. The van der Waals surface area contributed by atoms with E-state index in [0.29, 0.717) is 38.6 Å². The number of Topliss-reactive ketones (excluding diaryl/α,β-unsaturated/α-hetero) is 1. The van der Waals surface area contributed by atoms with Gasteiger partial charge < -0.3 is 5.32 Å². The maximum atomic E-state index is 13.4. The number of nitriles is 1. The highest BCUT2D eigenvalue weighted by atomic mass is 32.2. The van der Waals surface area contributed by atoms with Gasteiger partial charge in [-0.15, -0.1) is 0 Å². The summed E-state index contributed by atoms with van der Waals surface area (Å²) in [4.78, 5) is 26.3. The Morgan fingerprint density at radius 2 is 1.72 bits per heavy atom. The van der Waals surface area contributed by atoms with Gasteiger partial charge in [0.1, 0.15) is 5.78 Å². The number of benzene rings is 1. The molecule has 0 aromatic heterocycles. The Bertz CT molecular complexity index is 1140. The number of piperidine rings is 1. The number of nitrogens with zero attached hydrogens (tertiary/aromatic N) is 3. The topological polar surface area (TPSA) is 111 Å². The molecule has 3 fully saturated rings. The van der Waals surface area contributed by atoms with E-state index in [1.54, 1.807) is 0 Å². The fraction of sp³-hybridized carbons (Fsp3) is 0.625. The Morgan fingerprint density at radius 3 is 2.42 bits per heavy atom. The number of carbonyl (C=O) groups is 2. The average Bonchev–Trinajstić information content (AvgIpc) is 3.31. The number of carbonyl (C=O) groups excluding carboxylic acids is 2. The second kappa shape index (κ2) is 10.5. The zero-order valence-corrected chi connectivity index (χ0v) is 20.5. The highest BCUT2D eigenvalue weighted by Gasteiger charge is 2.45. The molecule has 1 amide bonds. The van der Waals surface area contributed by atoms with Crippen LogP contribution in [0.25, 0.3) is 0 Å². The molecule has 1 unspecified atom stereocenters. The van der Waals surface area contributed by atoms with Crippen molar-refractivity contribution in [3.8, 4) is 6.07 Å². The van der Waals surface area contributed by atoms with Gasteiger partial charge in [-0.3, -0.25) is 9.59 Å². The van der Waals surface area contributed by atoms with Crippen LogP contribution in [0.15, 0.2) is 24.3 Å². The molecule has 3 atom stereocenters. The van der Waals surface area contributed by atoms with Gasteiger partial charge in [0.25, 0.3) is 10.2 Å². The molecule has 1 N–H and O–H groups in total. The molecule has 2 heterocycles. The summed E-state index contributed by atoms with van der Waals surface area (Å²) in [5.74, 6) is -2.68. The van der Waals surface area contributed by atoms with E-state index in [2.05, 4.69) is 5.32 Å². The lowest BCUT2D eigenvalue weighted by molar-refractivity contribution is -0.138. The van der Waals surface area contributed by atoms with Gasteiger partial charge in [0.15, 0.2) is 0 Å². The van der Waals surface area contributed by atoms with Crippen LogP contribution in [0.2, 0.25) is 0 Å². The van der Waals surface area contributed by atoms with E-state index in [4.69, 9.17) is 5.26 Å². The molecule has 0 radical (unpaired) electrons. The Morgan fingerprint density at radius 1 is 1.03 bits per heavy atom. The van der Waals surface area contributed by atoms with Crippen LogP contribution < -0.4 is 5.32 Å². The summed E-state index contributed by atoms with van der Waals surface area (Å²) in [6.45, 7) is 0.346. The van der Waals surface area contributed by atoms with E-state index in [1.165, 1.54) is 26.8 Å². The number of ketones is 1. The van der Waals surface area contributed by atoms with Crippen LogP contribution in [0.5, 0.6) is 0 Å². The molecular weight excluding hydrogens is 497 g/mol. The fourth-order valence-corrected chi connectivity index (χ4v) is 7.23. The minimum absolute atomic E-state index is 0.0404. The van der Waals surface area contributed by atoms with Crippen molar-refractivity contribution in [2.45, 2.75) is 44.8 Å². The van der Waals surface area contributed by atoms with Crippen LogP contribution in [-0.4, -0.2) is 54.9 Å². The smallest absolute Gasteiger partial charge is 0.352 e. The summed E-state index contributed by atoms with van der Waals surface area (Å²) < 4.78 is 68.1. The maximum absolute atomic E-state index is 13.4. The summed E-state index contributed by atoms with van der Waals surface area (Å²) in [6, 6.07) is 7.09. The Labute approximate surface area is 208 Å². The first-order valence-corrected chi connectivity index (χ1v) is 13.5. The minimum atomic E-state index is -4.54. The SMILES string of the molecule is N#CC1CN(S(=O)(=O)N2CCC[C@H](C(=O)C3CCC[C@@H]3C(=O)NCc3ccccc3C(F)(F)F)C2)C1. The van der Waals surface area contributed by atoms with Crippen LogP contribution in [0.3, 0.4) is 0 Å². The first kappa shape index (κ1) is 26.6. The van der Waals surface area contributed by atoms with E-state index in [9.17, 15) is 31.2 Å². The van der Waals surface area contributed by atoms with Crippen molar-refractivity contribution in [1.29, 1.82) is 5.26 Å². The fourth-order valence-electron chi connectivity index (χ4n) is 5.44. The van der Waals surface area contributed by atoms with Crippen LogP contribution in [0, 0.1) is 35.0 Å². The van der Waals surface area contributed by atoms with Gasteiger partial charge >= 0.3 is 6.18 Å². The highest BCUT2D eigenvalue weighted by molar-refractivity contribution is 7.86. The lowest BCUT2D eigenvalue weighted by Crippen LogP contribution is -2.57. The Hall–Kier alpha value is -2.49. The number of nitrogens with one attached hydrogen (secondary N) is 1. The Kier molecular flexibility index (Phi) is 7.73.